The molecule has 1 saturated heterocycles. The quantitative estimate of drug-likeness (QED) is 0.129. The van der Waals surface area contributed by atoms with Crippen molar-refractivity contribution >= 4 is 23.9 Å². The zero-order valence-corrected chi connectivity index (χ0v) is 34.8. The summed E-state index contributed by atoms with van der Waals surface area (Å²) in [6.07, 6.45) is 7.97. The molecule has 6 rings (SSSR count). The summed E-state index contributed by atoms with van der Waals surface area (Å²) in [5.74, 6) is 0.769. The molecule has 14 atom stereocenters. The zero-order chi connectivity index (χ0) is 39.6. The molecule has 6 fully saturated rings. The Hall–Kier alpha value is -2.46. The first-order chi connectivity index (χ1) is 25.2. The minimum Gasteiger partial charge on any atom is -0.463 e. The summed E-state index contributed by atoms with van der Waals surface area (Å²) < 4.78 is 35.7. The van der Waals surface area contributed by atoms with Crippen molar-refractivity contribution in [1.29, 1.82) is 0 Å². The van der Waals surface area contributed by atoms with Gasteiger partial charge in [0.05, 0.1) is 6.61 Å². The van der Waals surface area contributed by atoms with E-state index in [-0.39, 0.29) is 52.2 Å². The highest BCUT2D eigenvalue weighted by molar-refractivity contribution is 5.68. The Balaban J connectivity index is 1.25. The molecule has 0 radical (unpaired) electrons. The predicted octanol–water partition coefficient (Wildman–Crippen LogP) is 8.13. The maximum Gasteiger partial charge on any atom is 0.303 e. The van der Waals surface area contributed by atoms with Crippen LogP contribution in [0, 0.1) is 56.7 Å². The Morgan fingerprint density at radius 1 is 0.704 bits per heavy atom. The molecular formula is C44H68O10. The third-order valence-electron chi connectivity index (χ3n) is 16.6. The molecule has 304 valence electrons. The van der Waals surface area contributed by atoms with E-state index in [0.717, 1.165) is 44.9 Å². The summed E-state index contributed by atoms with van der Waals surface area (Å²) in [5, 5.41) is 0. The van der Waals surface area contributed by atoms with E-state index in [4.69, 9.17) is 28.4 Å². The van der Waals surface area contributed by atoms with Gasteiger partial charge < -0.3 is 28.4 Å². The topological polar surface area (TPSA) is 124 Å². The van der Waals surface area contributed by atoms with E-state index in [1.54, 1.807) is 6.92 Å². The van der Waals surface area contributed by atoms with E-state index >= 15 is 0 Å². The second-order valence-corrected chi connectivity index (χ2v) is 19.7. The fourth-order valence-electron chi connectivity index (χ4n) is 14.2. The van der Waals surface area contributed by atoms with E-state index in [1.165, 1.54) is 45.6 Å². The molecule has 5 aliphatic carbocycles. The molecule has 10 nitrogen and oxygen atoms in total. The van der Waals surface area contributed by atoms with Gasteiger partial charge in [0.25, 0.3) is 0 Å². The van der Waals surface area contributed by atoms with E-state index in [0.29, 0.717) is 36.2 Å². The fourth-order valence-corrected chi connectivity index (χ4v) is 14.2. The van der Waals surface area contributed by atoms with Crippen LogP contribution < -0.4 is 0 Å². The number of carbonyl (C=O) groups excluding carboxylic acids is 4. The summed E-state index contributed by atoms with van der Waals surface area (Å²) >= 11 is 0. The van der Waals surface area contributed by atoms with Crippen LogP contribution in [0.2, 0.25) is 0 Å². The summed E-state index contributed by atoms with van der Waals surface area (Å²) in [5.41, 5.74) is 1.65. The Morgan fingerprint density at radius 2 is 1.39 bits per heavy atom. The smallest absolute Gasteiger partial charge is 0.303 e. The molecule has 1 aliphatic heterocycles. The Kier molecular flexibility index (Phi) is 11.3. The molecule has 0 bridgehead atoms. The van der Waals surface area contributed by atoms with Crippen LogP contribution in [0.15, 0.2) is 12.2 Å². The molecule has 1 heterocycles. The van der Waals surface area contributed by atoms with Crippen LogP contribution in [0.3, 0.4) is 0 Å². The molecule has 0 aromatic heterocycles. The summed E-state index contributed by atoms with van der Waals surface area (Å²) in [6.45, 7) is 25.1. The summed E-state index contributed by atoms with van der Waals surface area (Å²) in [6, 6.07) is 0. The Bertz CT molecular complexity index is 1490. The highest BCUT2D eigenvalue weighted by atomic mass is 16.7. The van der Waals surface area contributed by atoms with Gasteiger partial charge in [-0.05, 0) is 122 Å². The Labute approximate surface area is 323 Å². The number of fused-ring (bicyclic) bond motifs is 7. The van der Waals surface area contributed by atoms with Gasteiger partial charge in [-0.15, -0.1) is 0 Å². The van der Waals surface area contributed by atoms with E-state index in [2.05, 4.69) is 48.1 Å². The fraction of sp³-hybridized carbons (Fsp3) is 0.864. The van der Waals surface area contributed by atoms with E-state index < -0.39 is 42.5 Å². The molecule has 0 unspecified atom stereocenters. The first-order valence-corrected chi connectivity index (χ1v) is 20.8. The highest BCUT2D eigenvalue weighted by Crippen LogP contribution is 2.77. The van der Waals surface area contributed by atoms with Crippen LogP contribution in [-0.2, 0) is 47.6 Å². The van der Waals surface area contributed by atoms with Crippen LogP contribution in [0.4, 0.5) is 0 Å². The van der Waals surface area contributed by atoms with Crippen molar-refractivity contribution in [1.82, 2.24) is 0 Å². The maximum atomic E-state index is 12.2. The molecule has 0 amide bonds. The monoisotopic (exact) mass is 756 g/mol. The van der Waals surface area contributed by atoms with Crippen LogP contribution in [0.1, 0.15) is 140 Å². The van der Waals surface area contributed by atoms with Crippen molar-refractivity contribution < 1.29 is 47.6 Å². The van der Waals surface area contributed by atoms with Gasteiger partial charge in [-0.3, -0.25) is 19.2 Å². The van der Waals surface area contributed by atoms with Gasteiger partial charge in [0, 0.05) is 39.5 Å². The summed E-state index contributed by atoms with van der Waals surface area (Å²) in [7, 11) is 0. The maximum absolute atomic E-state index is 12.2. The highest BCUT2D eigenvalue weighted by Gasteiger charge is 2.71. The minimum atomic E-state index is -0.929. The third-order valence-corrected chi connectivity index (χ3v) is 16.6. The number of ether oxygens (including phenoxy) is 6. The lowest BCUT2D eigenvalue weighted by molar-refractivity contribution is -0.282. The first-order valence-electron chi connectivity index (χ1n) is 20.8. The average Bonchev–Trinajstić information content (AvgIpc) is 3.45. The van der Waals surface area contributed by atoms with Gasteiger partial charge in [0.1, 0.15) is 24.9 Å². The second-order valence-electron chi connectivity index (χ2n) is 19.7. The standard InChI is InChI=1S/C44H68O10/c1-25(2)30-14-19-44(24-50-37-22-32(51-27(4)46)39(53-29(6)48)33(54-37)23-49-26(3)45)21-20-42(10)31(38(30)44)12-13-35-41(9)17-16-36(52-28(5)47)40(7,8)34(41)15-18-43(35,42)11/h30-39H,1,12-24H2,2-11H3/t30-,31+,32+,33+,34-,35+,36-,37-,38+,39-,41-,42+,43+,44+/m0/s1. The molecule has 10 heteroatoms. The lowest BCUT2D eigenvalue weighted by Gasteiger charge is -2.73. The van der Waals surface area contributed by atoms with Crippen molar-refractivity contribution in [2.45, 2.75) is 171 Å². The first kappa shape index (κ1) is 41.2. The van der Waals surface area contributed by atoms with Crippen molar-refractivity contribution in [2.24, 2.45) is 56.7 Å². The number of carbonyl (C=O) groups is 4. The van der Waals surface area contributed by atoms with E-state index in [1.807, 2.05) is 0 Å². The number of rotatable bonds is 9. The molecule has 0 spiro atoms. The molecular weight excluding hydrogens is 688 g/mol. The average molecular weight is 757 g/mol. The number of allylic oxidation sites excluding steroid dienone is 1. The predicted molar refractivity (Wildman–Crippen MR) is 201 cm³/mol. The molecule has 0 aromatic carbocycles. The van der Waals surface area contributed by atoms with Gasteiger partial charge >= 0.3 is 23.9 Å². The largest absolute Gasteiger partial charge is 0.463 e. The van der Waals surface area contributed by atoms with Crippen LogP contribution in [0.25, 0.3) is 0 Å². The molecule has 0 N–H and O–H groups in total. The van der Waals surface area contributed by atoms with Crippen LogP contribution in [0.5, 0.6) is 0 Å². The van der Waals surface area contributed by atoms with Crippen LogP contribution in [-0.4, -0.2) is 67.8 Å². The van der Waals surface area contributed by atoms with Gasteiger partial charge in [-0.2, -0.15) is 0 Å². The zero-order valence-electron chi connectivity index (χ0n) is 34.8. The number of esters is 4. The van der Waals surface area contributed by atoms with E-state index in [9.17, 15) is 19.2 Å². The Morgan fingerprint density at radius 3 is 2.02 bits per heavy atom. The minimum absolute atomic E-state index is 0.0311. The lowest BCUT2D eigenvalue weighted by atomic mass is 9.32. The normalized spacial score (nSPS) is 45.0. The SMILES string of the molecule is C=C(C)[C@@H]1CC[C@]2(CO[C@@H]3C[C@@H](OC(C)=O)[C@H](OC(C)=O)[C@@H](COC(C)=O)O3)CC[C@]3(C)[C@H](CC[C@@H]4[C@@]5(C)CC[C@H](OC(C)=O)C(C)(C)[C@@H]5CC[C@]43C)[C@@H]12. The van der Waals surface area contributed by atoms with Gasteiger partial charge in [-0.25, -0.2) is 0 Å². The van der Waals surface area contributed by atoms with Crippen molar-refractivity contribution in [3.05, 3.63) is 12.2 Å². The third kappa shape index (κ3) is 6.96. The van der Waals surface area contributed by atoms with Crippen LogP contribution >= 0.6 is 0 Å². The summed E-state index contributed by atoms with van der Waals surface area (Å²) in [4.78, 5) is 48.2. The van der Waals surface area contributed by atoms with Gasteiger partial charge in [-0.1, -0.05) is 46.8 Å². The number of hydrogen-bond donors (Lipinski definition) is 0. The molecule has 5 saturated carbocycles. The molecule has 0 aromatic rings. The molecule has 6 aliphatic rings. The van der Waals surface area contributed by atoms with Crippen molar-refractivity contribution in [2.75, 3.05) is 13.2 Å². The second kappa shape index (κ2) is 14.8. The van der Waals surface area contributed by atoms with Crippen molar-refractivity contribution in [3.63, 3.8) is 0 Å². The lowest BCUT2D eigenvalue weighted by Crippen LogP contribution is -2.67. The molecule has 54 heavy (non-hydrogen) atoms. The number of hydrogen-bond acceptors (Lipinski definition) is 10. The van der Waals surface area contributed by atoms with Crippen molar-refractivity contribution in [3.8, 4) is 0 Å². The van der Waals surface area contributed by atoms with Gasteiger partial charge in [0.2, 0.25) is 0 Å². The van der Waals surface area contributed by atoms with Gasteiger partial charge in [0.15, 0.2) is 12.4 Å².